The van der Waals surface area contributed by atoms with Gasteiger partial charge in [0.2, 0.25) is 0 Å². The average Bonchev–Trinajstić information content (AvgIpc) is 2.63. The standard InChI is InChI=1S/C20H27NO2/c1-2-6-17-7-3-4-8-19(17)20(22-13-5-14-23-20)18-11-9-16(15-21)10-12-18/h9-12,17,19H,2-8,13-14H2,1H3. The molecule has 2 aliphatic rings. The molecule has 0 spiro atoms. The maximum atomic E-state index is 9.05. The van der Waals surface area contributed by atoms with Gasteiger partial charge in [-0.05, 0) is 37.3 Å². The minimum absolute atomic E-state index is 0.421. The van der Waals surface area contributed by atoms with Gasteiger partial charge in [0.25, 0.3) is 0 Å². The number of nitrogens with zero attached hydrogens (tertiary/aromatic N) is 1. The van der Waals surface area contributed by atoms with E-state index in [-0.39, 0.29) is 0 Å². The SMILES string of the molecule is CCCC1CCCCC1C1(c2ccc(C#N)cc2)OCCCO1. The molecule has 3 rings (SSSR count). The molecule has 0 amide bonds. The van der Waals surface area contributed by atoms with Gasteiger partial charge in [-0.3, -0.25) is 0 Å². The molecule has 1 aromatic carbocycles. The number of benzene rings is 1. The van der Waals surface area contributed by atoms with Crippen molar-refractivity contribution in [2.75, 3.05) is 13.2 Å². The highest BCUT2D eigenvalue weighted by Gasteiger charge is 2.48. The van der Waals surface area contributed by atoms with Crippen LogP contribution in [0.3, 0.4) is 0 Å². The Balaban J connectivity index is 1.96. The third-order valence-electron chi connectivity index (χ3n) is 5.39. The molecule has 0 radical (unpaired) electrons. The highest BCUT2D eigenvalue weighted by Crippen LogP contribution is 2.48. The summed E-state index contributed by atoms with van der Waals surface area (Å²) in [5.74, 6) is 0.485. The Hall–Kier alpha value is -1.37. The van der Waals surface area contributed by atoms with E-state index in [2.05, 4.69) is 13.0 Å². The Morgan fingerprint density at radius 3 is 2.43 bits per heavy atom. The monoisotopic (exact) mass is 313 g/mol. The summed E-state index contributed by atoms with van der Waals surface area (Å²) in [5, 5.41) is 9.05. The summed E-state index contributed by atoms with van der Waals surface area (Å²) in [6, 6.07) is 10.0. The van der Waals surface area contributed by atoms with Crippen LogP contribution in [0.5, 0.6) is 0 Å². The van der Waals surface area contributed by atoms with Gasteiger partial charge in [0.1, 0.15) is 0 Å². The summed E-state index contributed by atoms with van der Waals surface area (Å²) in [4.78, 5) is 0. The fraction of sp³-hybridized carbons (Fsp3) is 0.650. The molecule has 1 saturated heterocycles. The van der Waals surface area contributed by atoms with Gasteiger partial charge in [-0.2, -0.15) is 5.26 Å². The normalized spacial score (nSPS) is 27.3. The second kappa shape index (κ2) is 7.47. The Morgan fingerprint density at radius 1 is 1.09 bits per heavy atom. The molecular formula is C20H27NO2. The predicted molar refractivity (Wildman–Crippen MR) is 89.7 cm³/mol. The van der Waals surface area contributed by atoms with Crippen LogP contribution in [0, 0.1) is 23.2 Å². The minimum atomic E-state index is -0.605. The van der Waals surface area contributed by atoms with Gasteiger partial charge in [0.15, 0.2) is 5.79 Å². The van der Waals surface area contributed by atoms with Crippen molar-refractivity contribution in [3.05, 3.63) is 35.4 Å². The number of nitriles is 1. The molecular weight excluding hydrogens is 286 g/mol. The second-order valence-electron chi connectivity index (χ2n) is 6.85. The van der Waals surface area contributed by atoms with Crippen molar-refractivity contribution in [1.82, 2.24) is 0 Å². The van der Waals surface area contributed by atoms with Crippen LogP contribution in [-0.2, 0) is 15.3 Å². The number of rotatable bonds is 4. The van der Waals surface area contributed by atoms with Crippen LogP contribution in [0.25, 0.3) is 0 Å². The van der Waals surface area contributed by atoms with E-state index < -0.39 is 5.79 Å². The summed E-state index contributed by atoms with van der Waals surface area (Å²) in [6.07, 6.45) is 8.46. The van der Waals surface area contributed by atoms with Crippen molar-refractivity contribution in [3.8, 4) is 6.07 Å². The Kier molecular flexibility index (Phi) is 5.35. The molecule has 2 atom stereocenters. The third-order valence-corrected chi connectivity index (χ3v) is 5.39. The van der Waals surface area contributed by atoms with Crippen LogP contribution >= 0.6 is 0 Å². The molecule has 1 aliphatic heterocycles. The molecule has 1 saturated carbocycles. The topological polar surface area (TPSA) is 42.2 Å². The average molecular weight is 313 g/mol. The van der Waals surface area contributed by atoms with Gasteiger partial charge >= 0.3 is 0 Å². The first kappa shape index (κ1) is 16.5. The molecule has 0 bridgehead atoms. The summed E-state index contributed by atoms with van der Waals surface area (Å²) in [7, 11) is 0. The lowest BCUT2D eigenvalue weighted by Gasteiger charge is -2.48. The van der Waals surface area contributed by atoms with Crippen LogP contribution < -0.4 is 0 Å². The molecule has 1 aliphatic carbocycles. The van der Waals surface area contributed by atoms with E-state index >= 15 is 0 Å². The largest absolute Gasteiger partial charge is 0.346 e. The van der Waals surface area contributed by atoms with Crippen LogP contribution in [0.1, 0.15) is 63.0 Å². The zero-order valence-corrected chi connectivity index (χ0v) is 14.1. The van der Waals surface area contributed by atoms with Crippen LogP contribution in [-0.4, -0.2) is 13.2 Å². The fourth-order valence-corrected chi connectivity index (χ4v) is 4.34. The summed E-state index contributed by atoms with van der Waals surface area (Å²) in [6.45, 7) is 3.79. The van der Waals surface area contributed by atoms with E-state index in [0.717, 1.165) is 25.2 Å². The van der Waals surface area contributed by atoms with Gasteiger partial charge in [0.05, 0.1) is 24.8 Å². The number of hydrogen-bond acceptors (Lipinski definition) is 3. The summed E-state index contributed by atoms with van der Waals surface area (Å²) in [5.41, 5.74) is 1.78. The molecule has 0 aromatic heterocycles. The summed E-state index contributed by atoms with van der Waals surface area (Å²) < 4.78 is 12.7. The molecule has 23 heavy (non-hydrogen) atoms. The molecule has 0 N–H and O–H groups in total. The predicted octanol–water partition coefficient (Wildman–Crippen LogP) is 4.75. The molecule has 1 heterocycles. The van der Waals surface area contributed by atoms with E-state index in [1.807, 2.05) is 24.3 Å². The van der Waals surface area contributed by atoms with Crippen molar-refractivity contribution >= 4 is 0 Å². The van der Waals surface area contributed by atoms with Gasteiger partial charge in [-0.15, -0.1) is 0 Å². The van der Waals surface area contributed by atoms with E-state index in [4.69, 9.17) is 14.7 Å². The maximum absolute atomic E-state index is 9.05. The van der Waals surface area contributed by atoms with E-state index in [1.54, 1.807) is 0 Å². The van der Waals surface area contributed by atoms with Gasteiger partial charge < -0.3 is 9.47 Å². The first-order valence-corrected chi connectivity index (χ1v) is 9.08. The van der Waals surface area contributed by atoms with Gasteiger partial charge in [0, 0.05) is 11.5 Å². The van der Waals surface area contributed by atoms with Crippen molar-refractivity contribution in [2.45, 2.75) is 57.7 Å². The fourth-order valence-electron chi connectivity index (χ4n) is 4.34. The molecule has 124 valence electrons. The highest BCUT2D eigenvalue weighted by molar-refractivity contribution is 5.34. The van der Waals surface area contributed by atoms with Gasteiger partial charge in [-0.1, -0.05) is 44.7 Å². The molecule has 3 nitrogen and oxygen atoms in total. The van der Waals surface area contributed by atoms with Crippen LogP contribution in [0.15, 0.2) is 24.3 Å². The Labute approximate surface area is 139 Å². The highest BCUT2D eigenvalue weighted by atomic mass is 16.7. The summed E-state index contributed by atoms with van der Waals surface area (Å²) >= 11 is 0. The van der Waals surface area contributed by atoms with Crippen molar-refractivity contribution in [2.24, 2.45) is 11.8 Å². The second-order valence-corrected chi connectivity index (χ2v) is 6.85. The quantitative estimate of drug-likeness (QED) is 0.805. The van der Waals surface area contributed by atoms with Crippen molar-refractivity contribution in [3.63, 3.8) is 0 Å². The van der Waals surface area contributed by atoms with Crippen LogP contribution in [0.2, 0.25) is 0 Å². The first-order valence-electron chi connectivity index (χ1n) is 9.08. The van der Waals surface area contributed by atoms with Crippen LogP contribution in [0.4, 0.5) is 0 Å². The Bertz CT molecular complexity index is 538. The minimum Gasteiger partial charge on any atom is -0.346 e. The number of ether oxygens (including phenoxy) is 2. The zero-order chi connectivity index (χ0) is 16.1. The third kappa shape index (κ3) is 3.29. The smallest absolute Gasteiger partial charge is 0.197 e. The van der Waals surface area contributed by atoms with E-state index in [0.29, 0.717) is 17.4 Å². The maximum Gasteiger partial charge on any atom is 0.197 e. The molecule has 2 unspecified atom stereocenters. The zero-order valence-electron chi connectivity index (χ0n) is 14.1. The van der Waals surface area contributed by atoms with Crippen molar-refractivity contribution < 1.29 is 9.47 Å². The molecule has 2 fully saturated rings. The lowest BCUT2D eigenvalue weighted by atomic mass is 9.70. The first-order chi connectivity index (χ1) is 11.3. The lowest BCUT2D eigenvalue weighted by molar-refractivity contribution is -0.316. The van der Waals surface area contributed by atoms with Gasteiger partial charge in [-0.25, -0.2) is 0 Å². The lowest BCUT2D eigenvalue weighted by Crippen LogP contribution is -2.48. The van der Waals surface area contributed by atoms with E-state index in [1.165, 1.54) is 38.5 Å². The number of hydrogen-bond donors (Lipinski definition) is 0. The Morgan fingerprint density at radius 2 is 1.78 bits per heavy atom. The molecule has 3 heteroatoms. The molecule has 1 aromatic rings. The van der Waals surface area contributed by atoms with E-state index in [9.17, 15) is 0 Å². The van der Waals surface area contributed by atoms with Crippen molar-refractivity contribution in [1.29, 1.82) is 5.26 Å².